The molecule has 1 aromatic rings. The summed E-state index contributed by atoms with van der Waals surface area (Å²) in [5, 5.41) is 0. The van der Waals surface area contributed by atoms with Crippen molar-refractivity contribution in [3.63, 3.8) is 0 Å². The van der Waals surface area contributed by atoms with Gasteiger partial charge < -0.3 is 4.57 Å². The van der Waals surface area contributed by atoms with Gasteiger partial charge in [-0.2, -0.15) is 0 Å². The summed E-state index contributed by atoms with van der Waals surface area (Å²) in [5.74, 6) is 0.284. The van der Waals surface area contributed by atoms with E-state index in [-0.39, 0.29) is 5.78 Å². The largest absolute Gasteiger partial charge is 0.349 e. The summed E-state index contributed by atoms with van der Waals surface area (Å²) in [6, 6.07) is 2.68. The minimum atomic E-state index is 0.284. The van der Waals surface area contributed by atoms with Crippen molar-refractivity contribution < 1.29 is 4.79 Å². The van der Waals surface area contributed by atoms with Crippen LogP contribution < -0.4 is 0 Å². The zero-order valence-electron chi connectivity index (χ0n) is 13.4. The summed E-state index contributed by atoms with van der Waals surface area (Å²) < 4.78 is 2.22. The number of hydrogen-bond acceptors (Lipinski definition) is 2. The maximum atomic E-state index is 12.6. The zero-order valence-corrected chi connectivity index (χ0v) is 13.4. The Morgan fingerprint density at radius 3 is 2.45 bits per heavy atom. The van der Waals surface area contributed by atoms with Gasteiger partial charge in [0, 0.05) is 29.5 Å². The first-order chi connectivity index (χ1) is 9.58. The molecule has 1 saturated carbocycles. The average molecular weight is 276 g/mol. The molecule has 0 spiro atoms. The molecule has 0 atom stereocenters. The van der Waals surface area contributed by atoms with Gasteiger partial charge in [-0.05, 0) is 46.2 Å². The van der Waals surface area contributed by atoms with Crippen LogP contribution in [0.4, 0.5) is 0 Å². The van der Waals surface area contributed by atoms with Crippen LogP contribution in [0.2, 0.25) is 0 Å². The molecule has 1 aliphatic carbocycles. The van der Waals surface area contributed by atoms with Crippen LogP contribution in [0.3, 0.4) is 0 Å². The highest BCUT2D eigenvalue weighted by Crippen LogP contribution is 2.24. The molecule has 3 nitrogen and oxygen atoms in total. The van der Waals surface area contributed by atoms with Crippen LogP contribution in [0.1, 0.15) is 61.3 Å². The van der Waals surface area contributed by atoms with Crippen LogP contribution in [0, 0.1) is 13.8 Å². The van der Waals surface area contributed by atoms with Gasteiger partial charge in [-0.15, -0.1) is 0 Å². The number of aromatic nitrogens is 1. The fourth-order valence-electron chi connectivity index (χ4n) is 3.61. The van der Waals surface area contributed by atoms with Crippen molar-refractivity contribution in [1.82, 2.24) is 9.47 Å². The monoisotopic (exact) mass is 276 g/mol. The highest BCUT2D eigenvalue weighted by molar-refractivity contribution is 5.99. The van der Waals surface area contributed by atoms with Crippen molar-refractivity contribution in [1.29, 1.82) is 0 Å². The molecule has 2 rings (SSSR count). The smallest absolute Gasteiger partial charge is 0.178 e. The van der Waals surface area contributed by atoms with Gasteiger partial charge in [-0.25, -0.2) is 0 Å². The molecular weight excluding hydrogens is 248 g/mol. The Bertz CT molecular complexity index is 470. The number of ketones is 1. The maximum absolute atomic E-state index is 12.6. The highest BCUT2D eigenvalue weighted by atomic mass is 16.1. The lowest BCUT2D eigenvalue weighted by Gasteiger charge is -2.26. The van der Waals surface area contributed by atoms with E-state index in [0.29, 0.717) is 12.6 Å². The minimum absolute atomic E-state index is 0.284. The summed E-state index contributed by atoms with van der Waals surface area (Å²) in [6.07, 6.45) is 5.16. The molecule has 0 aliphatic heterocycles. The second-order valence-electron chi connectivity index (χ2n) is 5.95. The maximum Gasteiger partial charge on any atom is 0.178 e. The van der Waals surface area contributed by atoms with Crippen molar-refractivity contribution in [3.05, 3.63) is 23.0 Å². The predicted molar refractivity (Wildman–Crippen MR) is 83.4 cm³/mol. The third-order valence-electron chi connectivity index (χ3n) is 4.78. The molecule has 0 radical (unpaired) electrons. The van der Waals surface area contributed by atoms with Gasteiger partial charge in [0.05, 0.1) is 6.54 Å². The van der Waals surface area contributed by atoms with Crippen LogP contribution in [0.25, 0.3) is 0 Å². The van der Waals surface area contributed by atoms with Crippen LogP contribution in [-0.4, -0.2) is 34.4 Å². The quantitative estimate of drug-likeness (QED) is 0.742. The molecule has 0 unspecified atom stereocenters. The Morgan fingerprint density at radius 1 is 1.30 bits per heavy atom. The van der Waals surface area contributed by atoms with Crippen LogP contribution >= 0.6 is 0 Å². The van der Waals surface area contributed by atoms with Crippen molar-refractivity contribution in [2.75, 3.05) is 13.1 Å². The molecule has 20 heavy (non-hydrogen) atoms. The molecule has 112 valence electrons. The molecule has 1 aliphatic rings. The molecule has 0 amide bonds. The first kappa shape index (κ1) is 15.3. The lowest BCUT2D eigenvalue weighted by atomic mass is 10.1. The number of carbonyl (C=O) groups excluding carboxylic acids is 1. The SMILES string of the molecule is CCN(CC(=O)c1cc(C)n(CC)c1C)C1CCCC1. The van der Waals surface area contributed by atoms with Gasteiger partial charge in [-0.3, -0.25) is 9.69 Å². The van der Waals surface area contributed by atoms with E-state index in [1.807, 2.05) is 0 Å². The van der Waals surface area contributed by atoms with E-state index < -0.39 is 0 Å². The predicted octanol–water partition coefficient (Wildman–Crippen LogP) is 3.57. The van der Waals surface area contributed by atoms with E-state index in [4.69, 9.17) is 0 Å². The normalized spacial score (nSPS) is 16.2. The summed E-state index contributed by atoms with van der Waals surface area (Å²) in [6.45, 7) is 10.9. The first-order valence-corrected chi connectivity index (χ1v) is 8.02. The van der Waals surface area contributed by atoms with Gasteiger partial charge in [0.15, 0.2) is 5.78 Å². The zero-order chi connectivity index (χ0) is 14.7. The summed E-state index contributed by atoms with van der Waals surface area (Å²) in [5.41, 5.74) is 3.23. The van der Waals surface area contributed by atoms with Crippen molar-refractivity contribution >= 4 is 5.78 Å². The van der Waals surface area contributed by atoms with E-state index in [0.717, 1.165) is 24.3 Å². The van der Waals surface area contributed by atoms with Crippen LogP contribution in [-0.2, 0) is 6.54 Å². The summed E-state index contributed by atoms with van der Waals surface area (Å²) in [4.78, 5) is 15.0. The molecule has 1 aromatic heterocycles. The molecule has 3 heteroatoms. The van der Waals surface area contributed by atoms with Crippen molar-refractivity contribution in [2.24, 2.45) is 0 Å². The first-order valence-electron chi connectivity index (χ1n) is 8.02. The standard InChI is InChI=1S/C17H28N2O/c1-5-18(15-9-7-8-10-15)12-17(20)16-11-13(3)19(6-2)14(16)4/h11,15H,5-10,12H2,1-4H3. The van der Waals surface area contributed by atoms with E-state index in [2.05, 4.69) is 43.2 Å². The highest BCUT2D eigenvalue weighted by Gasteiger charge is 2.24. The molecule has 1 fully saturated rings. The number of likely N-dealkylation sites (N-methyl/N-ethyl adjacent to an activating group) is 1. The van der Waals surface area contributed by atoms with E-state index in [1.165, 1.54) is 31.4 Å². The number of Topliss-reactive ketones (excluding diaryl/α,β-unsaturated/α-hetero) is 1. The van der Waals surface area contributed by atoms with Gasteiger partial charge in [-0.1, -0.05) is 19.8 Å². The van der Waals surface area contributed by atoms with E-state index >= 15 is 0 Å². The fraction of sp³-hybridized carbons (Fsp3) is 0.706. The molecule has 0 saturated heterocycles. The van der Waals surface area contributed by atoms with Crippen LogP contribution in [0.5, 0.6) is 0 Å². The van der Waals surface area contributed by atoms with Crippen molar-refractivity contribution in [3.8, 4) is 0 Å². The van der Waals surface area contributed by atoms with Gasteiger partial charge in [0.2, 0.25) is 0 Å². The Morgan fingerprint density at radius 2 is 1.95 bits per heavy atom. The van der Waals surface area contributed by atoms with Crippen LogP contribution in [0.15, 0.2) is 6.07 Å². The summed E-state index contributed by atoms with van der Waals surface area (Å²) >= 11 is 0. The van der Waals surface area contributed by atoms with Gasteiger partial charge in [0.1, 0.15) is 0 Å². The molecular formula is C17H28N2O. The Hall–Kier alpha value is -1.09. The third kappa shape index (κ3) is 2.98. The average Bonchev–Trinajstić information content (AvgIpc) is 3.04. The Balaban J connectivity index is 2.10. The third-order valence-corrected chi connectivity index (χ3v) is 4.78. The second kappa shape index (κ2) is 6.57. The molecule has 1 heterocycles. The molecule has 0 bridgehead atoms. The van der Waals surface area contributed by atoms with Gasteiger partial charge >= 0.3 is 0 Å². The topological polar surface area (TPSA) is 25.2 Å². The molecule has 0 N–H and O–H groups in total. The summed E-state index contributed by atoms with van der Waals surface area (Å²) in [7, 11) is 0. The van der Waals surface area contributed by atoms with E-state index in [9.17, 15) is 4.79 Å². The Kier molecular flexibility index (Phi) is 5.03. The lowest BCUT2D eigenvalue weighted by molar-refractivity contribution is 0.0898. The number of nitrogens with zero attached hydrogens (tertiary/aromatic N) is 2. The van der Waals surface area contributed by atoms with Gasteiger partial charge in [0.25, 0.3) is 0 Å². The lowest BCUT2D eigenvalue weighted by Crippen LogP contribution is -2.37. The molecule has 0 aromatic carbocycles. The number of aryl methyl sites for hydroxylation is 1. The number of carbonyl (C=O) groups is 1. The van der Waals surface area contributed by atoms with E-state index in [1.54, 1.807) is 0 Å². The minimum Gasteiger partial charge on any atom is -0.349 e. The van der Waals surface area contributed by atoms with Crippen molar-refractivity contribution in [2.45, 2.75) is 66.0 Å². The number of rotatable bonds is 6. The Labute approximate surface area is 123 Å². The fourth-order valence-corrected chi connectivity index (χ4v) is 3.61. The second-order valence-corrected chi connectivity index (χ2v) is 5.95. The number of hydrogen-bond donors (Lipinski definition) is 0.